The average Bonchev–Trinajstić information content (AvgIpc) is 2.34. The molecule has 1 fully saturated rings. The van der Waals surface area contributed by atoms with Crippen LogP contribution in [0.3, 0.4) is 0 Å². The van der Waals surface area contributed by atoms with Crippen LogP contribution in [0.25, 0.3) is 0 Å². The molecular formula is C18H26F2N2. The number of fused-ring (bicyclic) bond motifs is 1. The van der Waals surface area contributed by atoms with Crippen molar-refractivity contribution in [2.45, 2.75) is 64.8 Å². The number of nitrogens with one attached hydrogen (secondary N) is 1. The lowest BCUT2D eigenvalue weighted by Gasteiger charge is -2.52. The Kier molecular flexibility index (Phi) is 3.59. The third kappa shape index (κ3) is 2.36. The van der Waals surface area contributed by atoms with Crippen molar-refractivity contribution in [1.29, 1.82) is 0 Å². The number of rotatable bonds is 2. The molecule has 2 aliphatic carbocycles. The fourth-order valence-corrected chi connectivity index (χ4v) is 4.02. The summed E-state index contributed by atoms with van der Waals surface area (Å²) in [6.07, 6.45) is 5.16. The van der Waals surface area contributed by atoms with Crippen LogP contribution in [0, 0.1) is 10.8 Å². The molecule has 0 saturated heterocycles. The molecule has 1 N–H and O–H groups in total. The highest BCUT2D eigenvalue weighted by molar-refractivity contribution is 5.37. The highest BCUT2D eigenvalue weighted by Crippen LogP contribution is 2.64. The summed E-state index contributed by atoms with van der Waals surface area (Å²) < 4.78 is 30.0. The highest BCUT2D eigenvalue weighted by atomic mass is 19.3. The van der Waals surface area contributed by atoms with E-state index in [-0.39, 0.29) is 17.2 Å². The summed E-state index contributed by atoms with van der Waals surface area (Å²) in [5.41, 5.74) is 1.01. The SMILES string of the molecule is CN[C@H]1CC2(CCC2)C(F)(F)c2ncc(CC(C)(C)C)cc21. The van der Waals surface area contributed by atoms with Crippen molar-refractivity contribution >= 4 is 0 Å². The zero-order chi connectivity index (χ0) is 16.2. The standard InChI is InChI=1S/C18H26F2N2/c1-16(2,3)9-12-8-13-14(21-4)10-17(6-5-7-17)18(19,20)15(13)22-11-12/h8,11,14,21H,5-7,9-10H2,1-4H3/t14-/m0/s1. The fraction of sp³-hybridized carbons (Fsp3) is 0.722. The molecule has 4 heteroatoms. The van der Waals surface area contributed by atoms with Crippen molar-refractivity contribution in [3.05, 3.63) is 29.1 Å². The summed E-state index contributed by atoms with van der Waals surface area (Å²) in [4.78, 5) is 4.24. The van der Waals surface area contributed by atoms with Crippen molar-refractivity contribution in [2.75, 3.05) is 7.05 Å². The third-order valence-corrected chi connectivity index (χ3v) is 5.30. The van der Waals surface area contributed by atoms with Gasteiger partial charge in [0.25, 0.3) is 5.92 Å². The molecule has 0 unspecified atom stereocenters. The largest absolute Gasteiger partial charge is 0.313 e. The van der Waals surface area contributed by atoms with Crippen molar-refractivity contribution in [3.63, 3.8) is 0 Å². The quantitative estimate of drug-likeness (QED) is 0.864. The Bertz CT molecular complexity index is 571. The molecule has 0 aliphatic heterocycles. The maximum atomic E-state index is 15.0. The molecule has 0 bridgehead atoms. The van der Waals surface area contributed by atoms with Crippen LogP contribution < -0.4 is 5.32 Å². The van der Waals surface area contributed by atoms with Crippen LogP contribution in [-0.2, 0) is 12.3 Å². The maximum absolute atomic E-state index is 15.0. The van der Waals surface area contributed by atoms with Crippen LogP contribution in [0.4, 0.5) is 8.78 Å². The molecule has 0 aromatic carbocycles. The van der Waals surface area contributed by atoms with E-state index in [9.17, 15) is 8.78 Å². The number of nitrogens with zero attached hydrogens (tertiary/aromatic N) is 1. The molecule has 1 spiro atoms. The Morgan fingerprint density at radius 3 is 2.50 bits per heavy atom. The summed E-state index contributed by atoms with van der Waals surface area (Å²) in [7, 11) is 1.86. The van der Waals surface area contributed by atoms with Crippen molar-refractivity contribution in [1.82, 2.24) is 10.3 Å². The summed E-state index contributed by atoms with van der Waals surface area (Å²) >= 11 is 0. The van der Waals surface area contributed by atoms with Gasteiger partial charge in [-0.3, -0.25) is 4.98 Å². The first-order valence-electron chi connectivity index (χ1n) is 8.23. The first-order valence-corrected chi connectivity index (χ1v) is 8.23. The average molecular weight is 308 g/mol. The molecule has 1 aromatic heterocycles. The van der Waals surface area contributed by atoms with Gasteiger partial charge in [-0.25, -0.2) is 0 Å². The van der Waals surface area contributed by atoms with E-state index in [0.717, 1.165) is 18.4 Å². The van der Waals surface area contributed by atoms with Crippen LogP contribution in [0.5, 0.6) is 0 Å². The Hall–Kier alpha value is -1.03. The van der Waals surface area contributed by atoms with Gasteiger partial charge in [0.2, 0.25) is 0 Å². The zero-order valence-corrected chi connectivity index (χ0v) is 14.0. The van der Waals surface area contributed by atoms with Crippen LogP contribution in [-0.4, -0.2) is 12.0 Å². The van der Waals surface area contributed by atoms with Crippen LogP contribution in [0.1, 0.15) is 69.3 Å². The topological polar surface area (TPSA) is 24.9 Å². The van der Waals surface area contributed by atoms with Gasteiger partial charge in [0, 0.05) is 17.7 Å². The lowest BCUT2D eigenvalue weighted by atomic mass is 9.57. The predicted molar refractivity (Wildman–Crippen MR) is 84.0 cm³/mol. The van der Waals surface area contributed by atoms with Crippen molar-refractivity contribution < 1.29 is 8.78 Å². The van der Waals surface area contributed by atoms with Gasteiger partial charge in [0.1, 0.15) is 5.69 Å². The minimum absolute atomic E-state index is 0.00968. The van der Waals surface area contributed by atoms with E-state index < -0.39 is 11.3 Å². The second-order valence-corrected chi connectivity index (χ2v) is 8.27. The molecule has 2 nitrogen and oxygen atoms in total. The van der Waals surface area contributed by atoms with Gasteiger partial charge in [0.05, 0.1) is 0 Å². The van der Waals surface area contributed by atoms with Crippen LogP contribution >= 0.6 is 0 Å². The second-order valence-electron chi connectivity index (χ2n) is 8.27. The fourth-order valence-electron chi connectivity index (χ4n) is 4.02. The van der Waals surface area contributed by atoms with Gasteiger partial charge in [-0.2, -0.15) is 8.78 Å². The number of aromatic nitrogens is 1. The predicted octanol–water partition coefficient (Wildman–Crippen LogP) is 4.60. The van der Waals surface area contributed by atoms with Crippen molar-refractivity contribution in [3.8, 4) is 0 Å². The molecule has 2 aliphatic rings. The second kappa shape index (κ2) is 4.98. The van der Waals surface area contributed by atoms with E-state index in [2.05, 4.69) is 31.1 Å². The normalized spacial score (nSPS) is 25.6. The number of pyridine rings is 1. The Labute approximate surface area is 131 Å². The molecular weight excluding hydrogens is 282 g/mol. The van der Waals surface area contributed by atoms with E-state index >= 15 is 0 Å². The number of alkyl halides is 2. The van der Waals surface area contributed by atoms with Gasteiger partial charge < -0.3 is 5.32 Å². The number of halogens is 2. The molecule has 0 amide bonds. The van der Waals surface area contributed by atoms with Crippen molar-refractivity contribution in [2.24, 2.45) is 10.8 Å². The molecule has 1 aromatic rings. The first kappa shape index (κ1) is 15.9. The van der Waals surface area contributed by atoms with Gasteiger partial charge in [-0.15, -0.1) is 0 Å². The lowest BCUT2D eigenvalue weighted by Crippen LogP contribution is -2.51. The summed E-state index contributed by atoms with van der Waals surface area (Å²) in [5, 5.41) is 3.24. The van der Waals surface area contributed by atoms with E-state index in [0.29, 0.717) is 24.8 Å². The van der Waals surface area contributed by atoms with E-state index in [1.807, 2.05) is 13.1 Å². The molecule has 1 saturated carbocycles. The minimum atomic E-state index is -2.80. The van der Waals surface area contributed by atoms with Gasteiger partial charge >= 0.3 is 0 Å². The van der Waals surface area contributed by atoms with Gasteiger partial charge in [0.15, 0.2) is 0 Å². The number of hydrogen-bond acceptors (Lipinski definition) is 2. The van der Waals surface area contributed by atoms with Gasteiger partial charge in [-0.05, 0) is 49.3 Å². The van der Waals surface area contributed by atoms with Crippen LogP contribution in [0.15, 0.2) is 12.3 Å². The summed E-state index contributed by atoms with van der Waals surface area (Å²) in [6, 6.07) is 1.94. The van der Waals surface area contributed by atoms with Gasteiger partial charge in [-0.1, -0.05) is 33.3 Å². The van der Waals surface area contributed by atoms with E-state index in [1.165, 1.54) is 0 Å². The molecule has 122 valence electrons. The summed E-state index contributed by atoms with van der Waals surface area (Å²) in [5.74, 6) is -2.80. The first-order chi connectivity index (χ1) is 10.2. The Balaban J connectivity index is 2.04. The zero-order valence-electron chi connectivity index (χ0n) is 14.0. The van der Waals surface area contributed by atoms with E-state index in [4.69, 9.17) is 0 Å². The van der Waals surface area contributed by atoms with E-state index in [1.54, 1.807) is 6.20 Å². The molecule has 0 radical (unpaired) electrons. The van der Waals surface area contributed by atoms with Crippen LogP contribution in [0.2, 0.25) is 0 Å². The minimum Gasteiger partial charge on any atom is -0.313 e. The summed E-state index contributed by atoms with van der Waals surface area (Å²) in [6.45, 7) is 6.46. The molecule has 22 heavy (non-hydrogen) atoms. The lowest BCUT2D eigenvalue weighted by molar-refractivity contribution is -0.188. The smallest absolute Gasteiger partial charge is 0.295 e. The number of hydrogen-bond donors (Lipinski definition) is 1. The Morgan fingerprint density at radius 1 is 1.32 bits per heavy atom. The highest BCUT2D eigenvalue weighted by Gasteiger charge is 2.62. The molecule has 1 heterocycles. The Morgan fingerprint density at radius 2 is 2.00 bits per heavy atom. The molecule has 3 rings (SSSR count). The molecule has 1 atom stereocenters. The maximum Gasteiger partial charge on any atom is 0.295 e. The third-order valence-electron chi connectivity index (χ3n) is 5.30. The monoisotopic (exact) mass is 308 g/mol.